The molecule has 0 saturated carbocycles. The second kappa shape index (κ2) is 11.1. The van der Waals surface area contributed by atoms with Crippen LogP contribution in [-0.2, 0) is 11.2 Å². The van der Waals surface area contributed by atoms with E-state index in [0.29, 0.717) is 30.8 Å². The Morgan fingerprint density at radius 3 is 2.49 bits per heavy atom. The number of fused-ring (bicyclic) bond motifs is 1. The van der Waals surface area contributed by atoms with E-state index in [1.807, 2.05) is 48.2 Å². The van der Waals surface area contributed by atoms with Gasteiger partial charge in [-0.3, -0.25) is 4.79 Å². The van der Waals surface area contributed by atoms with Gasteiger partial charge in [0.1, 0.15) is 11.5 Å². The zero-order valence-corrected chi connectivity index (χ0v) is 21.6. The van der Waals surface area contributed by atoms with Crippen LogP contribution in [0.1, 0.15) is 18.1 Å². The summed E-state index contributed by atoms with van der Waals surface area (Å²) in [7, 11) is 0. The quantitative estimate of drug-likeness (QED) is 0.337. The van der Waals surface area contributed by atoms with Crippen LogP contribution in [0.15, 0.2) is 66.7 Å². The summed E-state index contributed by atoms with van der Waals surface area (Å²) in [6.45, 7) is 3.80. The number of hydrogen-bond donors (Lipinski definition) is 0. The highest BCUT2D eigenvalue weighted by atomic mass is 35.5. The molecular weight excluding hydrogens is 512 g/mol. The van der Waals surface area contributed by atoms with E-state index in [4.69, 9.17) is 16.9 Å². The molecule has 1 fully saturated rings. The Bertz CT molecular complexity index is 1490. The molecule has 5 rings (SSSR count). The van der Waals surface area contributed by atoms with Crippen LogP contribution in [-0.4, -0.2) is 46.7 Å². The van der Waals surface area contributed by atoms with Crippen LogP contribution in [0.3, 0.4) is 0 Å². The zero-order valence-electron chi connectivity index (χ0n) is 20.1. The number of amides is 1. The Kier molecular flexibility index (Phi) is 7.91. The van der Waals surface area contributed by atoms with Crippen LogP contribution in [0.5, 0.6) is 0 Å². The number of carbonyl (C=O) groups excluding carboxylic acids is 1. The van der Waals surface area contributed by atoms with Gasteiger partial charge in [0.15, 0.2) is 5.82 Å². The van der Waals surface area contributed by atoms with Crippen LogP contribution >= 0.6 is 24.0 Å². The smallest absolute Gasteiger partial charge is 0.227 e. The van der Waals surface area contributed by atoms with Gasteiger partial charge in [-0.05, 0) is 36.8 Å². The maximum atomic E-state index is 13.5. The molecule has 0 unspecified atom stereocenters. The summed E-state index contributed by atoms with van der Waals surface area (Å²) in [6.07, 6.45) is 0.173. The molecular formula is C28H24Cl2FN5O. The molecule has 1 atom stereocenters. The summed E-state index contributed by atoms with van der Waals surface area (Å²) < 4.78 is 13.5. The minimum atomic E-state index is -0.492. The monoisotopic (exact) mass is 535 g/mol. The van der Waals surface area contributed by atoms with E-state index < -0.39 is 5.82 Å². The number of benzene rings is 3. The van der Waals surface area contributed by atoms with Crippen LogP contribution in [0.4, 0.5) is 10.2 Å². The van der Waals surface area contributed by atoms with E-state index in [1.165, 1.54) is 12.1 Å². The maximum Gasteiger partial charge on any atom is 0.227 e. The Balaban J connectivity index is 0.00000320. The van der Waals surface area contributed by atoms with Crippen molar-refractivity contribution >= 4 is 46.5 Å². The summed E-state index contributed by atoms with van der Waals surface area (Å²) in [5.41, 5.74) is 2.94. The van der Waals surface area contributed by atoms with Crippen molar-refractivity contribution in [2.75, 3.05) is 24.5 Å². The lowest BCUT2D eigenvalue weighted by Crippen LogP contribution is -2.54. The Hall–Kier alpha value is -3.73. The summed E-state index contributed by atoms with van der Waals surface area (Å²) in [4.78, 5) is 17.0. The average Bonchev–Trinajstić information content (AvgIpc) is 2.90. The first-order valence-electron chi connectivity index (χ1n) is 11.7. The first-order valence-corrected chi connectivity index (χ1v) is 12.1. The van der Waals surface area contributed by atoms with Gasteiger partial charge < -0.3 is 9.80 Å². The number of piperazine rings is 1. The van der Waals surface area contributed by atoms with Crippen molar-refractivity contribution in [3.05, 3.63) is 88.7 Å². The van der Waals surface area contributed by atoms with Gasteiger partial charge in [0, 0.05) is 42.0 Å². The van der Waals surface area contributed by atoms with Crippen molar-refractivity contribution in [3.63, 3.8) is 0 Å². The Morgan fingerprint density at radius 1 is 1.08 bits per heavy atom. The first kappa shape index (κ1) is 26.3. The molecule has 1 aliphatic rings. The van der Waals surface area contributed by atoms with Crippen molar-refractivity contribution in [2.45, 2.75) is 19.4 Å². The lowest BCUT2D eigenvalue weighted by atomic mass is 10.0. The summed E-state index contributed by atoms with van der Waals surface area (Å²) in [5, 5.41) is 20.2. The lowest BCUT2D eigenvalue weighted by molar-refractivity contribution is -0.132. The molecule has 1 saturated heterocycles. The highest BCUT2D eigenvalue weighted by Crippen LogP contribution is 2.32. The van der Waals surface area contributed by atoms with E-state index in [9.17, 15) is 9.18 Å². The van der Waals surface area contributed by atoms with Gasteiger partial charge in [0.25, 0.3) is 0 Å². The molecule has 2 heterocycles. The molecule has 0 radical (unpaired) electrons. The third-order valence-electron chi connectivity index (χ3n) is 6.54. The second-order valence-electron chi connectivity index (χ2n) is 8.91. The van der Waals surface area contributed by atoms with Crippen LogP contribution in [0.2, 0.25) is 5.02 Å². The van der Waals surface area contributed by atoms with Crippen molar-refractivity contribution < 1.29 is 9.18 Å². The SMILES string of the molecule is C[C@H]1CN(c2nnc(-c3ccc(C#N)cc3)c3ccccc23)CCN1C(=O)Cc1ccc(F)c(Cl)c1.Cl. The predicted molar refractivity (Wildman–Crippen MR) is 145 cm³/mol. The van der Waals surface area contributed by atoms with Crippen molar-refractivity contribution in [1.82, 2.24) is 15.1 Å². The molecule has 0 spiro atoms. The molecule has 37 heavy (non-hydrogen) atoms. The minimum Gasteiger partial charge on any atom is -0.351 e. The van der Waals surface area contributed by atoms with Gasteiger partial charge >= 0.3 is 0 Å². The zero-order chi connectivity index (χ0) is 25.2. The molecule has 3 aromatic carbocycles. The predicted octanol–water partition coefficient (Wildman–Crippen LogP) is 5.66. The standard InChI is InChI=1S/C28H23ClFN5O.ClH/c1-18-17-34(12-13-35(18)26(36)15-20-8-11-25(30)24(29)14-20)28-23-5-3-2-4-22(23)27(32-33-28)21-9-6-19(16-31)7-10-21;/h2-11,14,18H,12-13,15,17H2,1H3;1H/t18-;/m0./s1. The van der Waals surface area contributed by atoms with Crippen LogP contribution < -0.4 is 4.90 Å². The molecule has 1 amide bonds. The second-order valence-corrected chi connectivity index (χ2v) is 9.32. The lowest BCUT2D eigenvalue weighted by Gasteiger charge is -2.40. The third-order valence-corrected chi connectivity index (χ3v) is 6.83. The normalized spacial score (nSPS) is 15.2. The van der Waals surface area contributed by atoms with Gasteiger partial charge in [-0.25, -0.2) is 4.39 Å². The third kappa shape index (κ3) is 5.36. The first-order chi connectivity index (χ1) is 17.4. The number of rotatable bonds is 4. The summed E-state index contributed by atoms with van der Waals surface area (Å²) in [5.74, 6) is 0.276. The van der Waals surface area contributed by atoms with Gasteiger partial charge in [-0.2, -0.15) is 5.26 Å². The molecule has 4 aromatic rings. The number of halogens is 3. The summed E-state index contributed by atoms with van der Waals surface area (Å²) >= 11 is 5.88. The fourth-order valence-corrected chi connectivity index (χ4v) is 4.89. The van der Waals surface area contributed by atoms with E-state index in [-0.39, 0.29) is 35.8 Å². The molecule has 6 nitrogen and oxygen atoms in total. The molecule has 188 valence electrons. The molecule has 0 aliphatic carbocycles. The molecule has 9 heteroatoms. The van der Waals surface area contributed by atoms with Gasteiger partial charge in [0.05, 0.1) is 23.1 Å². The number of aromatic nitrogens is 2. The molecule has 0 bridgehead atoms. The number of nitrogens with zero attached hydrogens (tertiary/aromatic N) is 5. The number of carbonyl (C=O) groups is 1. The van der Waals surface area contributed by atoms with Crippen molar-refractivity contribution in [1.29, 1.82) is 5.26 Å². The van der Waals surface area contributed by atoms with E-state index in [2.05, 4.69) is 21.2 Å². The van der Waals surface area contributed by atoms with E-state index >= 15 is 0 Å². The molecule has 1 aliphatic heterocycles. The van der Waals surface area contributed by atoms with Crippen molar-refractivity contribution in [3.8, 4) is 17.3 Å². The van der Waals surface area contributed by atoms with Gasteiger partial charge in [-0.15, -0.1) is 22.6 Å². The molecule has 1 aromatic heterocycles. The fraction of sp³-hybridized carbons (Fsp3) is 0.214. The Labute approximate surface area is 225 Å². The van der Waals surface area contributed by atoms with Crippen LogP contribution in [0, 0.1) is 17.1 Å². The van der Waals surface area contributed by atoms with E-state index in [0.717, 1.165) is 27.8 Å². The number of hydrogen-bond acceptors (Lipinski definition) is 5. The highest BCUT2D eigenvalue weighted by Gasteiger charge is 2.29. The topological polar surface area (TPSA) is 73.1 Å². The minimum absolute atomic E-state index is 0. The number of anilines is 1. The highest BCUT2D eigenvalue weighted by molar-refractivity contribution is 6.30. The fourth-order valence-electron chi connectivity index (χ4n) is 4.69. The largest absolute Gasteiger partial charge is 0.351 e. The number of nitriles is 1. The Morgan fingerprint density at radius 2 is 1.81 bits per heavy atom. The maximum absolute atomic E-state index is 13.5. The van der Waals surface area contributed by atoms with E-state index in [1.54, 1.807) is 18.2 Å². The van der Waals surface area contributed by atoms with Crippen molar-refractivity contribution in [2.24, 2.45) is 0 Å². The van der Waals surface area contributed by atoms with Crippen LogP contribution in [0.25, 0.3) is 22.0 Å². The average molecular weight is 536 g/mol. The van der Waals surface area contributed by atoms with Gasteiger partial charge in [-0.1, -0.05) is 54.1 Å². The summed E-state index contributed by atoms with van der Waals surface area (Å²) in [6, 6.07) is 21.8. The molecule has 0 N–H and O–H groups in total. The van der Waals surface area contributed by atoms with Gasteiger partial charge in [0.2, 0.25) is 5.91 Å².